The van der Waals surface area contributed by atoms with Crippen molar-refractivity contribution >= 4 is 29.2 Å². The summed E-state index contributed by atoms with van der Waals surface area (Å²) in [5, 5.41) is 3.06. The molecule has 2 unspecified atom stereocenters. The lowest BCUT2D eigenvalue weighted by atomic mass is 9.87. The average molecular weight is 460 g/mol. The van der Waals surface area contributed by atoms with Gasteiger partial charge in [-0.3, -0.25) is 10.2 Å². The maximum Gasteiger partial charge on any atom is 0.417 e. The van der Waals surface area contributed by atoms with Crippen LogP contribution in [-0.2, 0) is 11.0 Å². The van der Waals surface area contributed by atoms with Gasteiger partial charge in [0.15, 0.2) is 0 Å². The quantitative estimate of drug-likeness (QED) is 0.523. The molecule has 1 saturated heterocycles. The summed E-state index contributed by atoms with van der Waals surface area (Å²) in [4.78, 5) is 25.9. The molecule has 0 bridgehead atoms. The van der Waals surface area contributed by atoms with Crippen molar-refractivity contribution in [2.75, 3.05) is 5.32 Å². The lowest BCUT2D eigenvalue weighted by Crippen LogP contribution is -2.42. The van der Waals surface area contributed by atoms with Crippen LogP contribution in [0, 0.1) is 0 Å². The Labute approximate surface area is 186 Å². The van der Waals surface area contributed by atoms with E-state index in [0.717, 1.165) is 17.1 Å². The molecule has 0 radical (unpaired) electrons. The first-order valence-electron chi connectivity index (χ1n) is 9.63. The predicted molar refractivity (Wildman–Crippen MR) is 114 cm³/mol. The molecule has 2 N–H and O–H groups in total. The summed E-state index contributed by atoms with van der Waals surface area (Å²) in [6.45, 7) is 0. The van der Waals surface area contributed by atoms with Crippen LogP contribution in [0.2, 0.25) is 5.02 Å². The van der Waals surface area contributed by atoms with Gasteiger partial charge in [-0.2, -0.15) is 13.2 Å². The summed E-state index contributed by atoms with van der Waals surface area (Å²) < 4.78 is 39.5. The van der Waals surface area contributed by atoms with Gasteiger partial charge in [0.2, 0.25) is 5.91 Å². The number of amides is 3. The van der Waals surface area contributed by atoms with E-state index in [1.807, 2.05) is 12.1 Å². The van der Waals surface area contributed by atoms with E-state index in [0.29, 0.717) is 11.1 Å². The lowest BCUT2D eigenvalue weighted by molar-refractivity contribution is -0.137. The Balaban J connectivity index is 1.67. The number of rotatable bonds is 3. The van der Waals surface area contributed by atoms with Crippen molar-refractivity contribution in [1.29, 1.82) is 0 Å². The summed E-state index contributed by atoms with van der Waals surface area (Å²) in [6.07, 6.45) is -4.68. The molecule has 1 fully saturated rings. The molecule has 5 nitrogen and oxygen atoms in total. The highest BCUT2D eigenvalue weighted by atomic mass is 35.5. The lowest BCUT2D eigenvalue weighted by Gasteiger charge is -2.26. The number of hydrogen-bond acceptors (Lipinski definition) is 2. The van der Waals surface area contributed by atoms with Crippen LogP contribution in [0.1, 0.15) is 28.7 Å². The number of hydrogen-bond donors (Lipinski definition) is 2. The van der Waals surface area contributed by atoms with Crippen LogP contribution in [0.5, 0.6) is 0 Å². The van der Waals surface area contributed by atoms with E-state index in [4.69, 9.17) is 11.6 Å². The van der Waals surface area contributed by atoms with Crippen LogP contribution in [0.15, 0.2) is 78.9 Å². The Kier molecular flexibility index (Phi) is 5.80. The largest absolute Gasteiger partial charge is 0.417 e. The molecule has 1 heterocycles. The molecule has 9 heteroatoms. The van der Waals surface area contributed by atoms with Crippen LogP contribution in [-0.4, -0.2) is 16.9 Å². The van der Waals surface area contributed by atoms with Crippen LogP contribution in [0.4, 0.5) is 23.7 Å². The zero-order valence-electron chi connectivity index (χ0n) is 16.4. The second kappa shape index (κ2) is 8.55. The third kappa shape index (κ3) is 4.27. The van der Waals surface area contributed by atoms with Crippen molar-refractivity contribution in [3.8, 4) is 0 Å². The van der Waals surface area contributed by atoms with E-state index >= 15 is 0 Å². The standard InChI is InChI=1S/C23H17ClF3N3O2/c24-18-12-11-16(13-17(18)23(25,26)27)28-22(32)30-20(15-9-5-2-6-10-15)19(21(31)29-30)14-7-3-1-4-8-14/h1-13,19-20H,(H,28,32)(H,29,31). The van der Waals surface area contributed by atoms with E-state index < -0.39 is 40.7 Å². The van der Waals surface area contributed by atoms with Crippen molar-refractivity contribution in [3.63, 3.8) is 0 Å². The molecule has 3 amide bonds. The van der Waals surface area contributed by atoms with Gasteiger partial charge in [0.05, 0.1) is 22.5 Å². The predicted octanol–water partition coefficient (Wildman–Crippen LogP) is 5.76. The molecule has 0 aliphatic carbocycles. The van der Waals surface area contributed by atoms with Crippen molar-refractivity contribution in [2.45, 2.75) is 18.1 Å². The minimum absolute atomic E-state index is 0.101. The molecule has 2 atom stereocenters. The van der Waals surface area contributed by atoms with Gasteiger partial charge < -0.3 is 5.32 Å². The molecule has 164 valence electrons. The molecule has 4 rings (SSSR count). The summed E-state index contributed by atoms with van der Waals surface area (Å²) >= 11 is 5.65. The van der Waals surface area contributed by atoms with E-state index in [-0.39, 0.29) is 5.69 Å². The molecule has 32 heavy (non-hydrogen) atoms. The maximum absolute atomic E-state index is 13.2. The molecular formula is C23H17ClF3N3O2. The Morgan fingerprint density at radius 3 is 2.12 bits per heavy atom. The number of carbonyl (C=O) groups is 2. The van der Waals surface area contributed by atoms with E-state index in [9.17, 15) is 22.8 Å². The third-order valence-electron chi connectivity index (χ3n) is 5.15. The van der Waals surface area contributed by atoms with Crippen molar-refractivity contribution in [3.05, 3.63) is 101 Å². The Morgan fingerprint density at radius 2 is 1.53 bits per heavy atom. The molecule has 3 aromatic carbocycles. The highest BCUT2D eigenvalue weighted by Crippen LogP contribution is 2.40. The van der Waals surface area contributed by atoms with Crippen LogP contribution >= 0.6 is 11.6 Å². The van der Waals surface area contributed by atoms with Gasteiger partial charge in [0, 0.05) is 5.69 Å². The zero-order chi connectivity index (χ0) is 22.9. The minimum Gasteiger partial charge on any atom is -0.306 e. The van der Waals surface area contributed by atoms with Gasteiger partial charge in [-0.1, -0.05) is 72.3 Å². The number of nitrogens with one attached hydrogen (secondary N) is 2. The zero-order valence-corrected chi connectivity index (χ0v) is 17.2. The average Bonchev–Trinajstić information content (AvgIpc) is 3.13. The first-order valence-corrected chi connectivity index (χ1v) is 10.0. The molecule has 0 aromatic heterocycles. The van der Waals surface area contributed by atoms with E-state index in [2.05, 4.69) is 10.7 Å². The smallest absolute Gasteiger partial charge is 0.306 e. The van der Waals surface area contributed by atoms with Crippen molar-refractivity contribution < 1.29 is 22.8 Å². The normalized spacial score (nSPS) is 18.4. The maximum atomic E-state index is 13.2. The van der Waals surface area contributed by atoms with E-state index in [1.165, 1.54) is 6.07 Å². The van der Waals surface area contributed by atoms with Crippen LogP contribution in [0.3, 0.4) is 0 Å². The molecular weight excluding hydrogens is 443 g/mol. The summed E-state index contributed by atoms with van der Waals surface area (Å²) in [5.74, 6) is -1.09. The number of benzene rings is 3. The highest BCUT2D eigenvalue weighted by molar-refractivity contribution is 6.31. The number of alkyl halides is 3. The second-order valence-corrected chi connectivity index (χ2v) is 7.62. The van der Waals surface area contributed by atoms with Crippen LogP contribution < -0.4 is 10.7 Å². The summed E-state index contributed by atoms with van der Waals surface area (Å²) in [6, 6.07) is 19.5. The minimum atomic E-state index is -4.68. The first-order chi connectivity index (χ1) is 15.3. The fraction of sp³-hybridized carbons (Fsp3) is 0.130. The van der Waals surface area contributed by atoms with Crippen molar-refractivity contribution in [2.24, 2.45) is 0 Å². The summed E-state index contributed by atoms with van der Waals surface area (Å²) in [7, 11) is 0. The number of anilines is 1. The fourth-order valence-corrected chi connectivity index (χ4v) is 3.94. The number of urea groups is 1. The highest BCUT2D eigenvalue weighted by Gasteiger charge is 2.45. The van der Waals surface area contributed by atoms with Gasteiger partial charge in [-0.15, -0.1) is 0 Å². The fourth-order valence-electron chi connectivity index (χ4n) is 3.72. The first kappa shape index (κ1) is 21.7. The molecule has 1 aliphatic heterocycles. The third-order valence-corrected chi connectivity index (χ3v) is 5.48. The molecule has 0 spiro atoms. The SMILES string of the molecule is O=C1NN(C(=O)Nc2ccc(Cl)c(C(F)(F)F)c2)C(c2ccccc2)C1c1ccccc1. The van der Waals surface area contributed by atoms with Gasteiger partial charge in [0.25, 0.3) is 0 Å². The topological polar surface area (TPSA) is 61.4 Å². The number of nitrogens with zero attached hydrogens (tertiary/aromatic N) is 1. The van der Waals surface area contributed by atoms with Gasteiger partial charge >= 0.3 is 12.2 Å². The Morgan fingerprint density at radius 1 is 0.938 bits per heavy atom. The van der Waals surface area contributed by atoms with E-state index in [1.54, 1.807) is 48.5 Å². The Bertz CT molecular complexity index is 1140. The monoisotopic (exact) mass is 459 g/mol. The van der Waals surface area contributed by atoms with Crippen molar-refractivity contribution in [1.82, 2.24) is 10.4 Å². The second-order valence-electron chi connectivity index (χ2n) is 7.21. The molecule has 1 aliphatic rings. The molecule has 0 saturated carbocycles. The summed E-state index contributed by atoms with van der Waals surface area (Å²) in [5.41, 5.74) is 2.80. The number of carbonyl (C=O) groups excluding carboxylic acids is 2. The van der Waals surface area contributed by atoms with Gasteiger partial charge in [-0.05, 0) is 29.3 Å². The van der Waals surface area contributed by atoms with Crippen LogP contribution in [0.25, 0.3) is 0 Å². The Hall–Kier alpha value is -3.52. The van der Waals surface area contributed by atoms with Gasteiger partial charge in [0.1, 0.15) is 0 Å². The molecule has 3 aromatic rings. The van der Waals surface area contributed by atoms with Gasteiger partial charge in [-0.25, -0.2) is 9.80 Å². The number of hydrazine groups is 1. The number of halogens is 4.